The van der Waals surface area contributed by atoms with E-state index in [4.69, 9.17) is 26.4 Å². The van der Waals surface area contributed by atoms with E-state index in [0.717, 1.165) is 11.1 Å². The molecule has 9 heteroatoms. The Morgan fingerprint density at radius 3 is 2.48 bits per heavy atom. The highest BCUT2D eigenvalue weighted by Gasteiger charge is 2.16. The van der Waals surface area contributed by atoms with E-state index in [-0.39, 0.29) is 5.75 Å². The second kappa shape index (κ2) is 8.70. The van der Waals surface area contributed by atoms with E-state index in [2.05, 4.69) is 15.3 Å². The quantitative estimate of drug-likeness (QED) is 0.287. The van der Waals surface area contributed by atoms with Crippen LogP contribution in [0.4, 0.5) is 0 Å². The molecule has 0 atom stereocenters. The van der Waals surface area contributed by atoms with Crippen LogP contribution in [-0.4, -0.2) is 41.3 Å². The van der Waals surface area contributed by atoms with Gasteiger partial charge in [-0.05, 0) is 37.3 Å². The molecule has 8 nitrogen and oxygen atoms in total. The normalized spacial score (nSPS) is 10.9. The van der Waals surface area contributed by atoms with E-state index in [1.807, 2.05) is 31.2 Å². The molecule has 0 bridgehead atoms. The van der Waals surface area contributed by atoms with Crippen LogP contribution in [0.1, 0.15) is 18.1 Å². The van der Waals surface area contributed by atoms with Crippen molar-refractivity contribution in [1.82, 2.24) is 14.9 Å². The van der Waals surface area contributed by atoms with Crippen molar-refractivity contribution in [1.29, 1.82) is 0 Å². The zero-order chi connectivity index (χ0) is 21.0. The van der Waals surface area contributed by atoms with Crippen LogP contribution in [0.2, 0.25) is 0 Å². The molecule has 0 aliphatic heterocycles. The average molecular weight is 412 g/mol. The SMILES string of the molecule is COc1cc(/C=N\n2c(-c3cccc(C)c3)n[nH]c2=S)cc(OC)c1OC(C)=O. The van der Waals surface area contributed by atoms with Gasteiger partial charge in [0.05, 0.1) is 20.4 Å². The summed E-state index contributed by atoms with van der Waals surface area (Å²) in [5.41, 5.74) is 2.64. The molecular weight excluding hydrogens is 392 g/mol. The van der Waals surface area contributed by atoms with Gasteiger partial charge in [0.1, 0.15) is 0 Å². The predicted molar refractivity (Wildman–Crippen MR) is 111 cm³/mol. The summed E-state index contributed by atoms with van der Waals surface area (Å²) in [7, 11) is 2.95. The minimum atomic E-state index is -0.476. The summed E-state index contributed by atoms with van der Waals surface area (Å²) in [4.78, 5) is 11.4. The van der Waals surface area contributed by atoms with Crippen LogP contribution >= 0.6 is 12.2 Å². The van der Waals surface area contributed by atoms with Crippen molar-refractivity contribution in [2.24, 2.45) is 5.10 Å². The molecule has 0 saturated carbocycles. The minimum Gasteiger partial charge on any atom is -0.493 e. The third kappa shape index (κ3) is 4.52. The first kappa shape index (κ1) is 20.3. The maximum Gasteiger partial charge on any atom is 0.308 e. The number of carbonyl (C=O) groups is 1. The lowest BCUT2D eigenvalue weighted by atomic mass is 10.1. The van der Waals surface area contributed by atoms with Crippen LogP contribution in [0.15, 0.2) is 41.5 Å². The molecule has 29 heavy (non-hydrogen) atoms. The van der Waals surface area contributed by atoms with Crippen LogP contribution in [-0.2, 0) is 4.79 Å². The fourth-order valence-electron chi connectivity index (χ4n) is 2.71. The number of ether oxygens (including phenoxy) is 3. The number of hydrogen-bond donors (Lipinski definition) is 1. The lowest BCUT2D eigenvalue weighted by Crippen LogP contribution is -2.05. The predicted octanol–water partition coefficient (Wildman–Crippen LogP) is 3.74. The van der Waals surface area contributed by atoms with Crippen LogP contribution in [0.5, 0.6) is 17.2 Å². The Bertz CT molecular complexity index is 1110. The fraction of sp³-hybridized carbons (Fsp3) is 0.200. The number of aryl methyl sites for hydroxylation is 1. The van der Waals surface area contributed by atoms with E-state index in [1.165, 1.54) is 25.8 Å². The number of carbonyl (C=O) groups excluding carboxylic acids is 1. The van der Waals surface area contributed by atoms with Crippen molar-refractivity contribution in [2.45, 2.75) is 13.8 Å². The van der Waals surface area contributed by atoms with Gasteiger partial charge in [-0.25, -0.2) is 5.10 Å². The minimum absolute atomic E-state index is 0.208. The molecule has 0 aliphatic carbocycles. The molecule has 150 valence electrons. The Morgan fingerprint density at radius 2 is 1.90 bits per heavy atom. The van der Waals surface area contributed by atoms with Crippen LogP contribution in [0.3, 0.4) is 0 Å². The highest BCUT2D eigenvalue weighted by atomic mass is 32.1. The zero-order valence-corrected chi connectivity index (χ0v) is 17.2. The van der Waals surface area contributed by atoms with Crippen LogP contribution in [0.25, 0.3) is 11.4 Å². The van der Waals surface area contributed by atoms with Crippen molar-refractivity contribution in [2.75, 3.05) is 14.2 Å². The number of nitrogens with zero attached hydrogens (tertiary/aromatic N) is 3. The molecule has 0 unspecified atom stereocenters. The van der Waals surface area contributed by atoms with Crippen molar-refractivity contribution >= 4 is 24.4 Å². The topological polar surface area (TPSA) is 90.7 Å². The molecule has 2 aromatic carbocycles. The van der Waals surface area contributed by atoms with Crippen molar-refractivity contribution < 1.29 is 19.0 Å². The highest BCUT2D eigenvalue weighted by molar-refractivity contribution is 7.71. The summed E-state index contributed by atoms with van der Waals surface area (Å²) >= 11 is 5.31. The van der Waals surface area contributed by atoms with E-state index < -0.39 is 5.97 Å². The van der Waals surface area contributed by atoms with Crippen molar-refractivity contribution in [3.8, 4) is 28.6 Å². The average Bonchev–Trinajstić information content (AvgIpc) is 3.07. The van der Waals surface area contributed by atoms with Gasteiger partial charge in [0.2, 0.25) is 10.5 Å². The first-order valence-corrected chi connectivity index (χ1v) is 9.07. The number of rotatable bonds is 6. The first-order valence-electron chi connectivity index (χ1n) is 8.66. The number of esters is 1. The molecular formula is C20H20N4O4S. The lowest BCUT2D eigenvalue weighted by Gasteiger charge is -2.13. The molecule has 0 radical (unpaired) electrons. The molecule has 1 aromatic heterocycles. The third-order valence-corrected chi connectivity index (χ3v) is 4.24. The van der Waals surface area contributed by atoms with E-state index in [0.29, 0.717) is 27.7 Å². The van der Waals surface area contributed by atoms with Gasteiger partial charge in [0, 0.05) is 18.1 Å². The van der Waals surface area contributed by atoms with Gasteiger partial charge in [-0.1, -0.05) is 23.8 Å². The molecule has 1 heterocycles. The Hall–Kier alpha value is -3.46. The van der Waals surface area contributed by atoms with Crippen molar-refractivity contribution in [3.05, 3.63) is 52.3 Å². The molecule has 3 rings (SSSR count). The van der Waals surface area contributed by atoms with Crippen LogP contribution in [0, 0.1) is 11.7 Å². The maximum atomic E-state index is 11.4. The molecule has 0 fully saturated rings. The third-order valence-electron chi connectivity index (χ3n) is 3.98. The highest BCUT2D eigenvalue weighted by Crippen LogP contribution is 2.38. The summed E-state index contributed by atoms with van der Waals surface area (Å²) in [5, 5.41) is 11.5. The number of hydrogen-bond acceptors (Lipinski definition) is 7. The summed E-state index contributed by atoms with van der Waals surface area (Å²) in [6, 6.07) is 11.2. The van der Waals surface area contributed by atoms with Gasteiger partial charge in [-0.2, -0.15) is 14.9 Å². The summed E-state index contributed by atoms with van der Waals surface area (Å²) in [6.45, 7) is 3.31. The van der Waals surface area contributed by atoms with E-state index in [1.54, 1.807) is 18.3 Å². The van der Waals surface area contributed by atoms with Gasteiger partial charge >= 0.3 is 5.97 Å². The second-order valence-electron chi connectivity index (χ2n) is 6.13. The van der Waals surface area contributed by atoms with Crippen LogP contribution < -0.4 is 14.2 Å². The summed E-state index contributed by atoms with van der Waals surface area (Å²) in [5.74, 6) is 1.01. The molecule has 0 spiro atoms. The summed E-state index contributed by atoms with van der Waals surface area (Å²) in [6.07, 6.45) is 1.59. The molecule has 0 saturated heterocycles. The number of methoxy groups -OCH3 is 2. The summed E-state index contributed by atoms with van der Waals surface area (Å²) < 4.78 is 17.7. The number of H-pyrrole nitrogens is 1. The van der Waals surface area contributed by atoms with Gasteiger partial charge in [-0.15, -0.1) is 0 Å². The smallest absolute Gasteiger partial charge is 0.308 e. The Morgan fingerprint density at radius 1 is 1.21 bits per heavy atom. The Labute approximate surface area is 172 Å². The monoisotopic (exact) mass is 412 g/mol. The van der Waals surface area contributed by atoms with E-state index >= 15 is 0 Å². The Balaban J connectivity index is 2.02. The zero-order valence-electron chi connectivity index (χ0n) is 16.4. The molecule has 1 N–H and O–H groups in total. The van der Waals surface area contributed by atoms with Gasteiger partial charge in [0.25, 0.3) is 0 Å². The fourth-order valence-corrected chi connectivity index (χ4v) is 2.89. The largest absolute Gasteiger partial charge is 0.493 e. The number of aromatic amines is 1. The molecule has 0 amide bonds. The van der Waals surface area contributed by atoms with Crippen molar-refractivity contribution in [3.63, 3.8) is 0 Å². The maximum absolute atomic E-state index is 11.4. The Kier molecular flexibility index (Phi) is 6.08. The standard InChI is InChI=1S/C20H20N4O4S/c1-12-6-5-7-15(8-12)19-22-23-20(29)24(19)21-11-14-9-16(26-3)18(28-13(2)25)17(10-14)27-4/h5-11H,1-4H3,(H,23,29)/b21-11-. The number of benzene rings is 2. The number of nitrogens with one attached hydrogen (secondary N) is 1. The molecule has 0 aliphatic rings. The van der Waals surface area contributed by atoms with Gasteiger partial charge in [-0.3, -0.25) is 4.79 Å². The van der Waals surface area contributed by atoms with Gasteiger partial charge < -0.3 is 14.2 Å². The number of aromatic nitrogens is 3. The molecule has 3 aromatic rings. The lowest BCUT2D eigenvalue weighted by molar-refractivity contribution is -0.132. The van der Waals surface area contributed by atoms with Gasteiger partial charge in [0.15, 0.2) is 17.3 Å². The van der Waals surface area contributed by atoms with E-state index in [9.17, 15) is 4.79 Å². The first-order chi connectivity index (χ1) is 13.9. The second-order valence-corrected chi connectivity index (χ2v) is 6.51.